The molecule has 0 saturated heterocycles. The first kappa shape index (κ1) is 15.7. The fraction of sp³-hybridized carbons (Fsp3) is 0.417. The maximum atomic E-state index is 11.7. The summed E-state index contributed by atoms with van der Waals surface area (Å²) in [4.78, 5) is 3.96. The van der Waals surface area contributed by atoms with Gasteiger partial charge in [0.2, 0.25) is 0 Å². The Bertz CT molecular complexity index is 765. The van der Waals surface area contributed by atoms with Crippen molar-refractivity contribution >= 4 is 19.7 Å². The molecule has 0 atom stereocenters. The van der Waals surface area contributed by atoms with Crippen LogP contribution in [0.5, 0.6) is 5.75 Å². The summed E-state index contributed by atoms with van der Waals surface area (Å²) in [7, 11) is 2.93. The molecule has 2 rings (SSSR count). The highest BCUT2D eigenvalue weighted by Gasteiger charge is 2.31. The van der Waals surface area contributed by atoms with Crippen LogP contribution in [-0.2, 0) is 14.6 Å². The molecule has 9 heteroatoms. The van der Waals surface area contributed by atoms with Gasteiger partial charge in [-0.05, 0) is 26.8 Å². The molecule has 2 aromatic heterocycles. The summed E-state index contributed by atoms with van der Waals surface area (Å²) in [6, 6.07) is 1.68. The molecule has 0 aromatic carbocycles. The van der Waals surface area contributed by atoms with E-state index in [1.807, 2.05) is 20.8 Å². The Kier molecular flexibility index (Phi) is 3.94. The van der Waals surface area contributed by atoms with E-state index in [0.717, 1.165) is 0 Å². The number of nitrogens with zero attached hydrogens (tertiary/aromatic N) is 4. The van der Waals surface area contributed by atoms with Crippen LogP contribution in [0.3, 0.4) is 0 Å². The molecule has 0 amide bonds. The summed E-state index contributed by atoms with van der Waals surface area (Å²) in [5.74, 6) is 0.815. The number of ether oxygens (including phenoxy) is 1. The van der Waals surface area contributed by atoms with Gasteiger partial charge in [0.25, 0.3) is 14.2 Å². The van der Waals surface area contributed by atoms with Crippen LogP contribution < -0.4 is 4.74 Å². The normalized spacial score (nSPS) is 12.4. The highest BCUT2D eigenvalue weighted by Crippen LogP contribution is 2.33. The zero-order valence-electron chi connectivity index (χ0n) is 12.0. The van der Waals surface area contributed by atoms with Crippen LogP contribution in [-0.4, -0.2) is 35.3 Å². The Balaban J connectivity index is 2.80. The van der Waals surface area contributed by atoms with Gasteiger partial charge in [0.05, 0.1) is 18.9 Å². The molecule has 0 aliphatic rings. The monoisotopic (exact) mass is 330 g/mol. The van der Waals surface area contributed by atoms with Gasteiger partial charge in [-0.15, -0.1) is 10.2 Å². The zero-order chi connectivity index (χ0) is 15.8. The Labute approximate surface area is 127 Å². The van der Waals surface area contributed by atoms with E-state index in [-0.39, 0.29) is 5.16 Å². The van der Waals surface area contributed by atoms with Gasteiger partial charge in [0, 0.05) is 22.4 Å². The lowest BCUT2D eigenvalue weighted by Gasteiger charge is -2.24. The van der Waals surface area contributed by atoms with Crippen molar-refractivity contribution in [1.29, 1.82) is 0 Å². The van der Waals surface area contributed by atoms with Crippen LogP contribution in [0, 0.1) is 0 Å². The molecule has 0 aliphatic carbocycles. The summed E-state index contributed by atoms with van der Waals surface area (Å²) in [5.41, 5.74) is -0.00813. The minimum absolute atomic E-state index is 0.300. The van der Waals surface area contributed by atoms with Gasteiger partial charge >= 0.3 is 0 Å². The van der Waals surface area contributed by atoms with Crippen molar-refractivity contribution in [2.24, 2.45) is 0 Å². The lowest BCUT2D eigenvalue weighted by Crippen LogP contribution is -2.26. The highest BCUT2D eigenvalue weighted by atomic mass is 35.7. The van der Waals surface area contributed by atoms with Crippen molar-refractivity contribution in [1.82, 2.24) is 19.7 Å². The van der Waals surface area contributed by atoms with Gasteiger partial charge < -0.3 is 4.74 Å². The van der Waals surface area contributed by atoms with Crippen molar-refractivity contribution in [3.8, 4) is 17.1 Å². The van der Waals surface area contributed by atoms with Gasteiger partial charge in [-0.3, -0.25) is 9.55 Å². The average molecular weight is 331 g/mol. The molecule has 2 aromatic rings. The fourth-order valence-electron chi connectivity index (χ4n) is 1.93. The topological polar surface area (TPSA) is 87.0 Å². The van der Waals surface area contributed by atoms with E-state index in [1.165, 1.54) is 17.9 Å². The molecule has 21 heavy (non-hydrogen) atoms. The van der Waals surface area contributed by atoms with Crippen LogP contribution in [0.4, 0.5) is 0 Å². The second-order valence-electron chi connectivity index (χ2n) is 5.33. The standard InChI is InChI=1S/C12H15ClN4O3S/c1-12(2,3)17-10(15-16-11(17)21(13,18)19)8-5-6-14-7-9(8)20-4/h5-7H,1-4H3. The third-order valence-electron chi connectivity index (χ3n) is 2.77. The summed E-state index contributed by atoms with van der Waals surface area (Å²) in [5, 5.41) is 7.39. The second-order valence-corrected chi connectivity index (χ2v) is 7.79. The maximum Gasteiger partial charge on any atom is 0.296 e. The number of aromatic nitrogens is 4. The number of hydrogen-bond donors (Lipinski definition) is 0. The molecular weight excluding hydrogens is 316 g/mol. The Morgan fingerprint density at radius 3 is 2.48 bits per heavy atom. The van der Waals surface area contributed by atoms with Crippen molar-refractivity contribution in [3.63, 3.8) is 0 Å². The molecule has 114 valence electrons. The fourth-order valence-corrected chi connectivity index (χ4v) is 2.95. The van der Waals surface area contributed by atoms with Gasteiger partial charge in [-0.2, -0.15) is 0 Å². The first-order valence-electron chi connectivity index (χ1n) is 6.05. The number of pyridine rings is 1. The molecule has 0 radical (unpaired) electrons. The molecule has 2 heterocycles. The van der Waals surface area contributed by atoms with Crippen molar-refractivity contribution < 1.29 is 13.2 Å². The molecule has 0 aliphatic heterocycles. The van der Waals surface area contributed by atoms with Crippen LogP contribution in [0.2, 0.25) is 0 Å². The van der Waals surface area contributed by atoms with Gasteiger partial charge in [0.1, 0.15) is 5.75 Å². The van der Waals surface area contributed by atoms with Crippen LogP contribution in [0.15, 0.2) is 23.6 Å². The van der Waals surface area contributed by atoms with Crippen LogP contribution in [0.1, 0.15) is 20.8 Å². The van der Waals surface area contributed by atoms with E-state index in [4.69, 9.17) is 15.4 Å². The number of methoxy groups -OCH3 is 1. The minimum Gasteiger partial charge on any atom is -0.494 e. The SMILES string of the molecule is COc1cnccc1-c1nnc(S(=O)(=O)Cl)n1C(C)(C)C. The van der Waals surface area contributed by atoms with Crippen molar-refractivity contribution in [2.45, 2.75) is 31.5 Å². The highest BCUT2D eigenvalue weighted by molar-refractivity contribution is 8.13. The third-order valence-corrected chi connectivity index (χ3v) is 3.88. The quantitative estimate of drug-likeness (QED) is 0.800. The zero-order valence-corrected chi connectivity index (χ0v) is 13.6. The van der Waals surface area contributed by atoms with Gasteiger partial charge in [-0.25, -0.2) is 8.42 Å². The third kappa shape index (κ3) is 3.01. The molecule has 0 spiro atoms. The minimum atomic E-state index is -4.02. The molecule has 7 nitrogen and oxygen atoms in total. The van der Waals surface area contributed by atoms with Gasteiger partial charge in [0.15, 0.2) is 5.82 Å². The second kappa shape index (κ2) is 5.27. The lowest BCUT2D eigenvalue weighted by molar-refractivity contribution is 0.365. The molecular formula is C12H15ClN4O3S. The van der Waals surface area contributed by atoms with E-state index < -0.39 is 14.6 Å². The number of halogens is 1. The smallest absolute Gasteiger partial charge is 0.296 e. The summed E-state index contributed by atoms with van der Waals surface area (Å²) < 4.78 is 30.1. The molecule has 0 N–H and O–H groups in total. The molecule has 0 saturated carbocycles. The molecule has 0 unspecified atom stereocenters. The predicted molar refractivity (Wildman–Crippen MR) is 77.8 cm³/mol. The van der Waals surface area contributed by atoms with E-state index in [0.29, 0.717) is 17.1 Å². The van der Waals surface area contributed by atoms with Crippen molar-refractivity contribution in [2.75, 3.05) is 7.11 Å². The summed E-state index contributed by atoms with van der Waals surface area (Å²) >= 11 is 0. The maximum absolute atomic E-state index is 11.7. The first-order chi connectivity index (χ1) is 9.66. The lowest BCUT2D eigenvalue weighted by atomic mass is 10.1. The molecule has 0 fully saturated rings. The average Bonchev–Trinajstić information content (AvgIpc) is 2.83. The van der Waals surface area contributed by atoms with E-state index in [2.05, 4.69) is 15.2 Å². The number of rotatable bonds is 3. The Hall–Kier alpha value is -1.67. The van der Waals surface area contributed by atoms with E-state index >= 15 is 0 Å². The van der Waals surface area contributed by atoms with Crippen LogP contribution in [0.25, 0.3) is 11.4 Å². The first-order valence-corrected chi connectivity index (χ1v) is 8.36. The largest absolute Gasteiger partial charge is 0.494 e. The Morgan fingerprint density at radius 2 is 1.95 bits per heavy atom. The van der Waals surface area contributed by atoms with Crippen molar-refractivity contribution in [3.05, 3.63) is 18.5 Å². The molecule has 0 bridgehead atoms. The Morgan fingerprint density at radius 1 is 1.29 bits per heavy atom. The van der Waals surface area contributed by atoms with Crippen LogP contribution >= 0.6 is 10.7 Å². The van der Waals surface area contributed by atoms with E-state index in [1.54, 1.807) is 12.3 Å². The van der Waals surface area contributed by atoms with E-state index in [9.17, 15) is 8.42 Å². The van der Waals surface area contributed by atoms with Gasteiger partial charge in [-0.1, -0.05) is 0 Å². The summed E-state index contributed by atoms with van der Waals surface area (Å²) in [6.07, 6.45) is 3.08. The number of hydrogen-bond acceptors (Lipinski definition) is 6. The predicted octanol–water partition coefficient (Wildman–Crippen LogP) is 2.03. The summed E-state index contributed by atoms with van der Waals surface area (Å²) in [6.45, 7) is 5.50.